The molecule has 2 aromatic carbocycles. The zero-order valence-corrected chi connectivity index (χ0v) is 11.8. The Morgan fingerprint density at radius 2 is 1.82 bits per heavy atom. The van der Waals surface area contributed by atoms with Crippen molar-refractivity contribution in [1.29, 1.82) is 0 Å². The van der Waals surface area contributed by atoms with E-state index in [1.165, 1.54) is 0 Å². The molecule has 0 saturated carbocycles. The molecular weight excluding hydrogens is 282 g/mol. The number of fused-ring (bicyclic) bond motifs is 1. The number of rotatable bonds is 4. The van der Waals surface area contributed by atoms with Gasteiger partial charge in [0.15, 0.2) is 6.29 Å². The normalized spacial score (nSPS) is 10.4. The average molecular weight is 295 g/mol. The lowest BCUT2D eigenvalue weighted by molar-refractivity contribution is 0.112. The van der Waals surface area contributed by atoms with Crippen LogP contribution in [0.25, 0.3) is 11.0 Å². The molecule has 5 heteroatoms. The summed E-state index contributed by atoms with van der Waals surface area (Å²) in [5.74, 6) is 0.838. The quantitative estimate of drug-likeness (QED) is 0.747. The van der Waals surface area contributed by atoms with E-state index in [1.54, 1.807) is 55.6 Å². The van der Waals surface area contributed by atoms with Crippen LogP contribution in [0.2, 0.25) is 0 Å². The van der Waals surface area contributed by atoms with Gasteiger partial charge in [-0.25, -0.2) is 0 Å². The van der Waals surface area contributed by atoms with Gasteiger partial charge >= 0.3 is 0 Å². The molecule has 1 heterocycles. The molecule has 1 N–H and O–H groups in total. The maximum atomic E-state index is 12.3. The van der Waals surface area contributed by atoms with Crippen molar-refractivity contribution in [3.05, 3.63) is 64.3 Å². The highest BCUT2D eigenvalue weighted by atomic mass is 16.5. The van der Waals surface area contributed by atoms with Crippen LogP contribution in [0.5, 0.6) is 5.75 Å². The Balaban J connectivity index is 2.09. The number of carbonyl (C=O) groups excluding carboxylic acids is 1. The van der Waals surface area contributed by atoms with Crippen LogP contribution in [-0.2, 0) is 0 Å². The van der Waals surface area contributed by atoms with Crippen LogP contribution < -0.4 is 15.5 Å². The largest absolute Gasteiger partial charge is 0.497 e. The number of ether oxygens (including phenoxy) is 1. The van der Waals surface area contributed by atoms with Crippen molar-refractivity contribution in [1.82, 2.24) is 0 Å². The lowest BCUT2D eigenvalue weighted by atomic mass is 10.1. The molecule has 0 bridgehead atoms. The Hall–Kier alpha value is -3.08. The second-order valence-electron chi connectivity index (χ2n) is 4.64. The van der Waals surface area contributed by atoms with Gasteiger partial charge in [0.2, 0.25) is 11.3 Å². The first-order valence-electron chi connectivity index (χ1n) is 6.65. The van der Waals surface area contributed by atoms with Gasteiger partial charge in [-0.05, 0) is 36.4 Å². The molecule has 0 saturated heterocycles. The number of anilines is 2. The highest BCUT2D eigenvalue weighted by Crippen LogP contribution is 2.24. The van der Waals surface area contributed by atoms with Gasteiger partial charge in [0.1, 0.15) is 16.9 Å². The number of nitrogens with one attached hydrogen (secondary N) is 1. The molecule has 3 rings (SSSR count). The number of benzene rings is 2. The van der Waals surface area contributed by atoms with E-state index >= 15 is 0 Å². The Bertz CT molecular complexity index is 881. The Morgan fingerprint density at radius 1 is 1.09 bits per heavy atom. The number of methoxy groups -OCH3 is 1. The maximum Gasteiger partial charge on any atom is 0.212 e. The molecule has 0 atom stereocenters. The molecule has 0 aliphatic heterocycles. The van der Waals surface area contributed by atoms with Crippen molar-refractivity contribution in [2.24, 2.45) is 0 Å². The van der Waals surface area contributed by atoms with Crippen molar-refractivity contribution in [2.45, 2.75) is 0 Å². The highest BCUT2D eigenvalue weighted by Gasteiger charge is 2.13. The summed E-state index contributed by atoms with van der Waals surface area (Å²) in [6, 6.07) is 13.9. The standard InChI is InChI=1S/C17H13NO4/c1-21-12-8-6-11(7-9-12)18-17-14(10-19)16(20)13-4-2-3-5-15(13)22-17/h2-10,18H,1H3. The van der Waals surface area contributed by atoms with E-state index in [2.05, 4.69) is 5.32 Å². The van der Waals surface area contributed by atoms with Crippen LogP contribution in [-0.4, -0.2) is 13.4 Å². The smallest absolute Gasteiger partial charge is 0.212 e. The zero-order chi connectivity index (χ0) is 15.5. The van der Waals surface area contributed by atoms with Crippen LogP contribution >= 0.6 is 0 Å². The molecule has 0 radical (unpaired) electrons. The molecule has 22 heavy (non-hydrogen) atoms. The van der Waals surface area contributed by atoms with Crippen molar-refractivity contribution >= 4 is 28.8 Å². The minimum Gasteiger partial charge on any atom is -0.497 e. The second-order valence-corrected chi connectivity index (χ2v) is 4.64. The molecule has 0 unspecified atom stereocenters. The van der Waals surface area contributed by atoms with Crippen LogP contribution in [0, 0.1) is 0 Å². The fourth-order valence-corrected chi connectivity index (χ4v) is 2.16. The number of para-hydroxylation sites is 1. The second kappa shape index (κ2) is 5.73. The Kier molecular flexibility index (Phi) is 3.62. The lowest BCUT2D eigenvalue weighted by Crippen LogP contribution is -2.11. The zero-order valence-electron chi connectivity index (χ0n) is 11.8. The number of hydrogen-bond acceptors (Lipinski definition) is 5. The number of hydrogen-bond donors (Lipinski definition) is 1. The van der Waals surface area contributed by atoms with Crippen LogP contribution in [0.3, 0.4) is 0 Å². The SMILES string of the molecule is COc1ccc(Nc2oc3ccccc3c(=O)c2C=O)cc1. The molecule has 3 aromatic rings. The van der Waals surface area contributed by atoms with E-state index in [0.29, 0.717) is 28.7 Å². The molecule has 1 aromatic heterocycles. The van der Waals surface area contributed by atoms with Gasteiger partial charge in [0.05, 0.1) is 12.5 Å². The maximum absolute atomic E-state index is 12.3. The Labute approximate surface area is 126 Å². The molecule has 0 aliphatic rings. The van der Waals surface area contributed by atoms with Gasteiger partial charge in [0.25, 0.3) is 0 Å². The van der Waals surface area contributed by atoms with Gasteiger partial charge in [-0.3, -0.25) is 9.59 Å². The molecule has 0 spiro atoms. The molecule has 0 aliphatic carbocycles. The minimum atomic E-state index is -0.354. The van der Waals surface area contributed by atoms with E-state index in [-0.39, 0.29) is 16.9 Å². The highest BCUT2D eigenvalue weighted by molar-refractivity contribution is 5.90. The predicted molar refractivity (Wildman–Crippen MR) is 84.1 cm³/mol. The van der Waals surface area contributed by atoms with Crippen molar-refractivity contribution in [2.75, 3.05) is 12.4 Å². The van der Waals surface area contributed by atoms with E-state index in [4.69, 9.17) is 9.15 Å². The average Bonchev–Trinajstić information content (AvgIpc) is 2.56. The third kappa shape index (κ3) is 2.44. The third-order valence-electron chi connectivity index (χ3n) is 3.30. The molecule has 5 nitrogen and oxygen atoms in total. The van der Waals surface area contributed by atoms with Crippen molar-refractivity contribution < 1.29 is 13.9 Å². The van der Waals surface area contributed by atoms with Gasteiger partial charge < -0.3 is 14.5 Å². The number of carbonyl (C=O) groups is 1. The van der Waals surface area contributed by atoms with Gasteiger partial charge in [-0.1, -0.05) is 12.1 Å². The third-order valence-corrected chi connectivity index (χ3v) is 3.30. The van der Waals surface area contributed by atoms with Crippen LogP contribution in [0.4, 0.5) is 11.6 Å². The van der Waals surface area contributed by atoms with Crippen LogP contribution in [0.15, 0.2) is 57.7 Å². The van der Waals surface area contributed by atoms with Crippen molar-refractivity contribution in [3.63, 3.8) is 0 Å². The number of aldehydes is 1. The monoisotopic (exact) mass is 295 g/mol. The fourth-order valence-electron chi connectivity index (χ4n) is 2.16. The summed E-state index contributed by atoms with van der Waals surface area (Å²) < 4.78 is 10.7. The summed E-state index contributed by atoms with van der Waals surface area (Å²) in [6.45, 7) is 0. The molecule has 0 fully saturated rings. The van der Waals surface area contributed by atoms with Gasteiger partial charge in [-0.15, -0.1) is 0 Å². The van der Waals surface area contributed by atoms with Crippen LogP contribution in [0.1, 0.15) is 10.4 Å². The summed E-state index contributed by atoms with van der Waals surface area (Å²) >= 11 is 0. The topological polar surface area (TPSA) is 68.5 Å². The molecule has 0 amide bonds. The fraction of sp³-hybridized carbons (Fsp3) is 0.0588. The summed E-state index contributed by atoms with van der Waals surface area (Å²) in [5, 5.41) is 3.33. The van der Waals surface area contributed by atoms with E-state index in [9.17, 15) is 9.59 Å². The molecular formula is C17H13NO4. The van der Waals surface area contributed by atoms with Crippen molar-refractivity contribution in [3.8, 4) is 5.75 Å². The van der Waals surface area contributed by atoms with E-state index < -0.39 is 0 Å². The first-order chi connectivity index (χ1) is 10.7. The summed E-state index contributed by atoms with van der Waals surface area (Å²) in [5.41, 5.74) is 0.721. The van der Waals surface area contributed by atoms with E-state index in [0.717, 1.165) is 0 Å². The molecule has 110 valence electrons. The van der Waals surface area contributed by atoms with Gasteiger partial charge in [-0.2, -0.15) is 0 Å². The van der Waals surface area contributed by atoms with Gasteiger partial charge in [0, 0.05) is 5.69 Å². The summed E-state index contributed by atoms with van der Waals surface area (Å²) in [6.07, 6.45) is 0.504. The van der Waals surface area contributed by atoms with E-state index in [1.807, 2.05) is 0 Å². The first kappa shape index (κ1) is 13.9. The minimum absolute atomic E-state index is 0.0329. The first-order valence-corrected chi connectivity index (χ1v) is 6.65. The Morgan fingerprint density at radius 3 is 2.50 bits per heavy atom. The summed E-state index contributed by atoms with van der Waals surface area (Å²) in [7, 11) is 1.58. The predicted octanol–water partition coefficient (Wildman–Crippen LogP) is 3.36. The lowest BCUT2D eigenvalue weighted by Gasteiger charge is -2.09. The summed E-state index contributed by atoms with van der Waals surface area (Å²) in [4.78, 5) is 23.6.